The van der Waals surface area contributed by atoms with Crippen LogP contribution in [0, 0.1) is 0 Å². The van der Waals surface area contributed by atoms with Crippen molar-refractivity contribution in [3.8, 4) is 22.6 Å². The van der Waals surface area contributed by atoms with E-state index >= 15 is 0 Å². The Morgan fingerprint density at radius 3 is 2.70 bits per heavy atom. The van der Waals surface area contributed by atoms with Crippen LogP contribution >= 0.6 is 39.5 Å². The first kappa shape index (κ1) is 21.0. The SMILES string of the molecule is CN(C)C(=S)Nc1ccc2c(c1)C(c1ccc(Br)s1)Oc1cccc(OC(F)F)c1-2. The Morgan fingerprint density at radius 2 is 2.03 bits per heavy atom. The predicted molar refractivity (Wildman–Crippen MR) is 123 cm³/mol. The third-order valence-electron chi connectivity index (χ3n) is 4.56. The van der Waals surface area contributed by atoms with Crippen molar-refractivity contribution in [3.05, 3.63) is 62.8 Å². The van der Waals surface area contributed by atoms with E-state index < -0.39 is 6.61 Å². The van der Waals surface area contributed by atoms with Gasteiger partial charge in [0.15, 0.2) is 11.2 Å². The van der Waals surface area contributed by atoms with Gasteiger partial charge in [-0.05, 0) is 70.1 Å². The van der Waals surface area contributed by atoms with Gasteiger partial charge >= 0.3 is 6.61 Å². The number of hydrogen-bond acceptors (Lipinski definition) is 4. The highest BCUT2D eigenvalue weighted by Crippen LogP contribution is 2.50. The molecule has 0 fully saturated rings. The number of halogens is 3. The summed E-state index contributed by atoms with van der Waals surface area (Å²) in [6.07, 6.45) is -0.389. The second kappa shape index (κ2) is 8.49. The molecule has 0 amide bonds. The first-order chi connectivity index (χ1) is 14.3. The highest BCUT2D eigenvalue weighted by Gasteiger charge is 2.31. The molecule has 3 aromatic rings. The second-order valence-corrected chi connectivity index (χ2v) is 9.66. The van der Waals surface area contributed by atoms with Crippen molar-refractivity contribution in [2.45, 2.75) is 12.7 Å². The fourth-order valence-corrected chi connectivity index (χ4v) is 4.85. The summed E-state index contributed by atoms with van der Waals surface area (Å²) in [6, 6.07) is 14.6. The van der Waals surface area contributed by atoms with Crippen LogP contribution in [-0.4, -0.2) is 30.7 Å². The van der Waals surface area contributed by atoms with Crippen LogP contribution in [0.2, 0.25) is 0 Å². The van der Waals surface area contributed by atoms with Crippen LogP contribution in [0.15, 0.2) is 52.3 Å². The third kappa shape index (κ3) is 4.14. The molecule has 0 saturated carbocycles. The number of thiophene rings is 1. The van der Waals surface area contributed by atoms with Crippen LogP contribution in [-0.2, 0) is 0 Å². The van der Waals surface area contributed by atoms with Gasteiger partial charge in [-0.2, -0.15) is 8.78 Å². The van der Waals surface area contributed by atoms with E-state index in [0.29, 0.717) is 16.4 Å². The predicted octanol–water partition coefficient (Wildman–Crippen LogP) is 6.52. The average molecular weight is 511 g/mol. The largest absolute Gasteiger partial charge is 0.479 e. The number of nitrogens with one attached hydrogen (secondary N) is 1. The molecule has 1 aliphatic heterocycles. The highest BCUT2D eigenvalue weighted by molar-refractivity contribution is 9.11. The fraction of sp³-hybridized carbons (Fsp3) is 0.190. The molecule has 2 heterocycles. The minimum atomic E-state index is -2.93. The Morgan fingerprint density at radius 1 is 1.23 bits per heavy atom. The van der Waals surface area contributed by atoms with E-state index in [9.17, 15) is 8.78 Å². The van der Waals surface area contributed by atoms with Crippen LogP contribution in [0.1, 0.15) is 16.5 Å². The van der Waals surface area contributed by atoms with E-state index in [0.717, 1.165) is 25.5 Å². The maximum absolute atomic E-state index is 13.0. The molecule has 2 aromatic carbocycles. The number of alkyl halides is 2. The van der Waals surface area contributed by atoms with E-state index in [1.54, 1.807) is 28.4 Å². The van der Waals surface area contributed by atoms with E-state index in [1.165, 1.54) is 6.07 Å². The lowest BCUT2D eigenvalue weighted by atomic mass is 9.91. The van der Waals surface area contributed by atoms with Gasteiger partial charge in [0, 0.05) is 25.3 Å². The molecular formula is C21H17BrF2N2O2S2. The normalized spacial score (nSPS) is 14.5. The van der Waals surface area contributed by atoms with Crippen molar-refractivity contribution >= 4 is 50.3 Å². The molecule has 1 atom stereocenters. The van der Waals surface area contributed by atoms with Crippen molar-refractivity contribution in [3.63, 3.8) is 0 Å². The summed E-state index contributed by atoms with van der Waals surface area (Å²) in [5.41, 5.74) is 2.92. The lowest BCUT2D eigenvalue weighted by molar-refractivity contribution is -0.0496. The number of rotatable bonds is 4. The molecule has 0 saturated heterocycles. The second-order valence-electron chi connectivity index (χ2n) is 6.77. The number of fused-ring (bicyclic) bond motifs is 3. The number of thiocarbonyl (C=S) groups is 1. The highest BCUT2D eigenvalue weighted by atomic mass is 79.9. The summed E-state index contributed by atoms with van der Waals surface area (Å²) in [6.45, 7) is -2.93. The lowest BCUT2D eigenvalue weighted by Crippen LogP contribution is -2.27. The van der Waals surface area contributed by atoms with E-state index in [4.69, 9.17) is 21.7 Å². The van der Waals surface area contributed by atoms with Gasteiger partial charge in [0.25, 0.3) is 0 Å². The summed E-state index contributed by atoms with van der Waals surface area (Å²) in [7, 11) is 3.71. The standard InChI is InChI=1S/C21H17BrF2N2O2S2/c1-26(2)21(29)25-11-6-7-12-13(10-11)19(16-8-9-17(22)30-16)27-14-4-3-5-15(18(12)14)28-20(23)24/h3-10,19-20H,1-2H3,(H,25,29). The minimum absolute atomic E-state index is 0.0825. The number of ether oxygens (including phenoxy) is 2. The molecule has 0 radical (unpaired) electrons. The Kier molecular flexibility index (Phi) is 5.95. The van der Waals surface area contributed by atoms with Gasteiger partial charge in [0.1, 0.15) is 11.5 Å². The van der Waals surface area contributed by atoms with Crippen LogP contribution in [0.25, 0.3) is 11.1 Å². The molecule has 1 aromatic heterocycles. The first-order valence-electron chi connectivity index (χ1n) is 8.96. The topological polar surface area (TPSA) is 33.7 Å². The molecule has 0 spiro atoms. The average Bonchev–Trinajstić information content (AvgIpc) is 3.13. The van der Waals surface area contributed by atoms with Crippen molar-refractivity contribution < 1.29 is 18.3 Å². The van der Waals surface area contributed by atoms with Gasteiger partial charge in [0.05, 0.1) is 14.2 Å². The zero-order valence-electron chi connectivity index (χ0n) is 16.0. The van der Waals surface area contributed by atoms with Crippen molar-refractivity contribution in [2.75, 3.05) is 19.4 Å². The molecule has 30 heavy (non-hydrogen) atoms. The van der Waals surface area contributed by atoms with E-state index in [-0.39, 0.29) is 11.9 Å². The fourth-order valence-electron chi connectivity index (χ4n) is 3.26. The van der Waals surface area contributed by atoms with Gasteiger partial charge in [-0.15, -0.1) is 11.3 Å². The van der Waals surface area contributed by atoms with Gasteiger partial charge in [0.2, 0.25) is 0 Å². The van der Waals surface area contributed by atoms with Crippen molar-refractivity contribution in [1.29, 1.82) is 0 Å². The first-order valence-corrected chi connectivity index (χ1v) is 11.0. The zero-order valence-corrected chi connectivity index (χ0v) is 19.2. The molecule has 4 rings (SSSR count). The van der Waals surface area contributed by atoms with Crippen LogP contribution in [0.4, 0.5) is 14.5 Å². The third-order valence-corrected chi connectivity index (χ3v) is 6.70. The number of hydrogen-bond donors (Lipinski definition) is 1. The molecule has 9 heteroatoms. The summed E-state index contributed by atoms with van der Waals surface area (Å²) in [4.78, 5) is 2.78. The Balaban J connectivity index is 1.85. The van der Waals surface area contributed by atoms with Gasteiger partial charge < -0.3 is 19.7 Å². The lowest BCUT2D eigenvalue weighted by Gasteiger charge is -2.30. The van der Waals surface area contributed by atoms with Crippen LogP contribution in [0.5, 0.6) is 11.5 Å². The van der Waals surface area contributed by atoms with Gasteiger partial charge in [-0.1, -0.05) is 12.1 Å². The van der Waals surface area contributed by atoms with Crippen molar-refractivity contribution in [2.24, 2.45) is 0 Å². The summed E-state index contributed by atoms with van der Waals surface area (Å²) in [5.74, 6) is 0.582. The summed E-state index contributed by atoms with van der Waals surface area (Å²) in [5, 5.41) is 3.74. The van der Waals surface area contributed by atoms with Gasteiger partial charge in [-0.3, -0.25) is 0 Å². The molecule has 0 bridgehead atoms. The Hall–Kier alpha value is -2.23. The Labute approximate surface area is 190 Å². The van der Waals surface area contributed by atoms with E-state index in [1.807, 2.05) is 44.4 Å². The number of anilines is 1. The molecule has 156 valence electrons. The molecule has 1 unspecified atom stereocenters. The summed E-state index contributed by atoms with van der Waals surface area (Å²) < 4.78 is 38.0. The Bertz CT molecular complexity index is 1100. The zero-order chi connectivity index (χ0) is 21.4. The molecule has 0 aliphatic carbocycles. The number of nitrogens with zero attached hydrogens (tertiary/aromatic N) is 1. The molecular weight excluding hydrogens is 494 g/mol. The van der Waals surface area contributed by atoms with Gasteiger partial charge in [-0.25, -0.2) is 0 Å². The summed E-state index contributed by atoms with van der Waals surface area (Å²) >= 11 is 10.4. The molecule has 1 N–H and O–H groups in total. The number of benzene rings is 2. The van der Waals surface area contributed by atoms with Crippen LogP contribution in [0.3, 0.4) is 0 Å². The monoisotopic (exact) mass is 510 g/mol. The maximum atomic E-state index is 13.0. The quantitative estimate of drug-likeness (QED) is 0.404. The maximum Gasteiger partial charge on any atom is 0.387 e. The van der Waals surface area contributed by atoms with Crippen molar-refractivity contribution in [1.82, 2.24) is 4.90 Å². The molecule has 1 aliphatic rings. The molecule has 4 nitrogen and oxygen atoms in total. The smallest absolute Gasteiger partial charge is 0.387 e. The minimum Gasteiger partial charge on any atom is -0.479 e. The van der Waals surface area contributed by atoms with Crippen LogP contribution < -0.4 is 14.8 Å². The van der Waals surface area contributed by atoms with E-state index in [2.05, 4.69) is 21.2 Å².